The van der Waals surface area contributed by atoms with Crippen molar-refractivity contribution in [3.63, 3.8) is 0 Å². The summed E-state index contributed by atoms with van der Waals surface area (Å²) >= 11 is 0. The molecule has 0 aliphatic carbocycles. The van der Waals surface area contributed by atoms with Gasteiger partial charge in [0.15, 0.2) is 0 Å². The van der Waals surface area contributed by atoms with E-state index in [1.165, 1.54) is 16.7 Å². The van der Waals surface area contributed by atoms with Gasteiger partial charge in [-0.3, -0.25) is 0 Å². The monoisotopic (exact) mass is 349 g/mol. The summed E-state index contributed by atoms with van der Waals surface area (Å²) in [5.74, 6) is 0.106. The fraction of sp³-hybridized carbons (Fsp3) is 0.0769. The van der Waals surface area contributed by atoms with E-state index >= 15 is 0 Å². The Bertz CT molecular complexity index is 982. The van der Waals surface area contributed by atoms with Gasteiger partial charge in [0.25, 0.3) is 0 Å². The van der Waals surface area contributed by atoms with Gasteiger partial charge >= 0.3 is 0 Å². The number of nitrogens with two attached hydrogens (primary N) is 1. The number of hydrogen-bond acceptors (Lipinski definition) is 1. The van der Waals surface area contributed by atoms with Crippen molar-refractivity contribution in [2.45, 2.75) is 12.8 Å². The molecule has 0 spiro atoms. The SMILES string of the molecule is Cc1cc(-c2ccccc2)c(N)c(C(c2ccccc2)c2ccccc2)c1. The maximum absolute atomic E-state index is 6.76. The van der Waals surface area contributed by atoms with Crippen molar-refractivity contribution in [1.29, 1.82) is 0 Å². The molecule has 0 aliphatic heterocycles. The molecule has 0 bridgehead atoms. The van der Waals surface area contributed by atoms with Crippen LogP contribution in [-0.4, -0.2) is 0 Å². The molecule has 4 aromatic rings. The summed E-state index contributed by atoms with van der Waals surface area (Å²) < 4.78 is 0. The predicted octanol–water partition coefficient (Wildman–Crippen LogP) is 6.42. The van der Waals surface area contributed by atoms with Gasteiger partial charge < -0.3 is 5.73 Å². The van der Waals surface area contributed by atoms with E-state index in [9.17, 15) is 0 Å². The smallest absolute Gasteiger partial charge is 0.0436 e. The Labute approximate surface area is 161 Å². The molecule has 0 radical (unpaired) electrons. The van der Waals surface area contributed by atoms with Crippen LogP contribution in [-0.2, 0) is 0 Å². The van der Waals surface area contributed by atoms with Crippen molar-refractivity contribution in [2.24, 2.45) is 0 Å². The highest BCUT2D eigenvalue weighted by Crippen LogP contribution is 2.40. The summed E-state index contributed by atoms with van der Waals surface area (Å²) in [4.78, 5) is 0. The van der Waals surface area contributed by atoms with Crippen LogP contribution >= 0.6 is 0 Å². The molecule has 1 heteroatoms. The molecule has 4 aromatic carbocycles. The molecule has 0 saturated heterocycles. The standard InChI is InChI=1S/C26H23N/c1-19-17-23(20-11-5-2-6-12-20)26(27)24(18-19)25(21-13-7-3-8-14-21)22-15-9-4-10-16-22/h2-18,25H,27H2,1H3. The van der Waals surface area contributed by atoms with Crippen molar-refractivity contribution in [3.05, 3.63) is 125 Å². The average molecular weight is 349 g/mol. The molecule has 0 amide bonds. The summed E-state index contributed by atoms with van der Waals surface area (Å²) in [5, 5.41) is 0. The lowest BCUT2D eigenvalue weighted by atomic mass is 9.82. The van der Waals surface area contributed by atoms with E-state index in [0.29, 0.717) is 0 Å². The summed E-state index contributed by atoms with van der Waals surface area (Å²) in [6.45, 7) is 2.14. The predicted molar refractivity (Wildman–Crippen MR) is 115 cm³/mol. The first-order chi connectivity index (χ1) is 13.2. The van der Waals surface area contributed by atoms with Crippen LogP contribution < -0.4 is 5.73 Å². The lowest BCUT2D eigenvalue weighted by Gasteiger charge is -2.23. The second-order valence-electron chi connectivity index (χ2n) is 6.94. The van der Waals surface area contributed by atoms with Crippen LogP contribution in [0.15, 0.2) is 103 Å². The van der Waals surface area contributed by atoms with E-state index in [2.05, 4.69) is 104 Å². The summed E-state index contributed by atoms with van der Waals surface area (Å²) in [6, 6.07) is 36.0. The zero-order chi connectivity index (χ0) is 18.6. The van der Waals surface area contributed by atoms with Gasteiger partial charge in [-0.1, -0.05) is 103 Å². The van der Waals surface area contributed by atoms with Crippen molar-refractivity contribution in [1.82, 2.24) is 0 Å². The van der Waals surface area contributed by atoms with E-state index < -0.39 is 0 Å². The Kier molecular flexibility index (Phi) is 4.76. The zero-order valence-corrected chi connectivity index (χ0v) is 15.5. The third-order valence-electron chi connectivity index (χ3n) is 5.02. The van der Waals surface area contributed by atoms with Crippen molar-refractivity contribution >= 4 is 5.69 Å². The molecule has 0 unspecified atom stereocenters. The van der Waals surface area contributed by atoms with Crippen LogP contribution in [0.1, 0.15) is 28.2 Å². The molecule has 0 fully saturated rings. The molecule has 0 aromatic heterocycles. The van der Waals surface area contributed by atoms with Gasteiger partial charge in [0.2, 0.25) is 0 Å². The number of nitrogen functional groups attached to an aromatic ring is 1. The number of hydrogen-bond donors (Lipinski definition) is 1. The van der Waals surface area contributed by atoms with Gasteiger partial charge in [-0.2, -0.15) is 0 Å². The van der Waals surface area contributed by atoms with Crippen molar-refractivity contribution in [2.75, 3.05) is 5.73 Å². The second kappa shape index (κ2) is 7.51. The topological polar surface area (TPSA) is 26.0 Å². The Balaban J connectivity index is 1.95. The van der Waals surface area contributed by atoms with Gasteiger partial charge in [-0.15, -0.1) is 0 Å². The maximum atomic E-state index is 6.76. The third-order valence-corrected chi connectivity index (χ3v) is 5.02. The van der Waals surface area contributed by atoms with Crippen LogP contribution in [0, 0.1) is 6.92 Å². The largest absolute Gasteiger partial charge is 0.398 e. The Morgan fingerprint density at radius 1 is 0.630 bits per heavy atom. The molecule has 2 N–H and O–H groups in total. The molecule has 0 heterocycles. The van der Waals surface area contributed by atoms with Gasteiger partial charge in [-0.05, 0) is 35.2 Å². The molecule has 4 rings (SSSR count). The van der Waals surface area contributed by atoms with E-state index in [1.54, 1.807) is 0 Å². The molecular formula is C26H23N. The van der Waals surface area contributed by atoms with E-state index in [4.69, 9.17) is 5.73 Å². The summed E-state index contributed by atoms with van der Waals surface area (Å²) in [7, 11) is 0. The molecule has 0 saturated carbocycles. The summed E-state index contributed by atoms with van der Waals surface area (Å²) in [6.07, 6.45) is 0. The second-order valence-corrected chi connectivity index (χ2v) is 6.94. The van der Waals surface area contributed by atoms with E-state index in [1.807, 2.05) is 6.07 Å². The fourth-order valence-corrected chi connectivity index (χ4v) is 3.76. The fourth-order valence-electron chi connectivity index (χ4n) is 3.76. The van der Waals surface area contributed by atoms with Crippen LogP contribution in [0.3, 0.4) is 0 Å². The van der Waals surface area contributed by atoms with Crippen LogP contribution in [0.25, 0.3) is 11.1 Å². The normalized spacial score (nSPS) is 10.9. The minimum Gasteiger partial charge on any atom is -0.398 e. The maximum Gasteiger partial charge on any atom is 0.0436 e. The van der Waals surface area contributed by atoms with Crippen molar-refractivity contribution in [3.8, 4) is 11.1 Å². The van der Waals surface area contributed by atoms with Crippen LogP contribution in [0.2, 0.25) is 0 Å². The Morgan fingerprint density at radius 3 is 1.63 bits per heavy atom. The van der Waals surface area contributed by atoms with E-state index in [0.717, 1.165) is 22.4 Å². The first kappa shape index (κ1) is 17.1. The van der Waals surface area contributed by atoms with Gasteiger partial charge in [0, 0.05) is 17.2 Å². The molecule has 0 aliphatic rings. The molecular weight excluding hydrogens is 326 g/mol. The minimum absolute atomic E-state index is 0.106. The number of aryl methyl sites for hydroxylation is 1. The van der Waals surface area contributed by atoms with Crippen LogP contribution in [0.4, 0.5) is 5.69 Å². The number of rotatable bonds is 4. The first-order valence-corrected chi connectivity index (χ1v) is 9.29. The van der Waals surface area contributed by atoms with Gasteiger partial charge in [0.05, 0.1) is 0 Å². The van der Waals surface area contributed by atoms with Crippen LogP contribution in [0.5, 0.6) is 0 Å². The zero-order valence-electron chi connectivity index (χ0n) is 15.5. The molecule has 1 nitrogen and oxygen atoms in total. The Morgan fingerprint density at radius 2 is 1.11 bits per heavy atom. The highest BCUT2D eigenvalue weighted by molar-refractivity contribution is 5.80. The average Bonchev–Trinajstić information content (AvgIpc) is 2.73. The highest BCUT2D eigenvalue weighted by Gasteiger charge is 2.21. The minimum atomic E-state index is 0.106. The number of benzene rings is 4. The van der Waals surface area contributed by atoms with Gasteiger partial charge in [0.1, 0.15) is 0 Å². The lowest BCUT2D eigenvalue weighted by Crippen LogP contribution is -2.08. The highest BCUT2D eigenvalue weighted by atomic mass is 14.6. The first-order valence-electron chi connectivity index (χ1n) is 9.29. The Hall–Kier alpha value is -3.32. The van der Waals surface area contributed by atoms with Crippen molar-refractivity contribution < 1.29 is 0 Å². The molecule has 27 heavy (non-hydrogen) atoms. The quantitative estimate of drug-likeness (QED) is 0.334. The molecule has 0 atom stereocenters. The number of anilines is 1. The molecule has 132 valence electrons. The van der Waals surface area contributed by atoms with E-state index in [-0.39, 0.29) is 5.92 Å². The third kappa shape index (κ3) is 3.50. The summed E-state index contributed by atoms with van der Waals surface area (Å²) in [5.41, 5.74) is 14.7. The lowest BCUT2D eigenvalue weighted by molar-refractivity contribution is 0.978. The van der Waals surface area contributed by atoms with Gasteiger partial charge in [-0.25, -0.2) is 0 Å².